The summed E-state index contributed by atoms with van der Waals surface area (Å²) in [4.78, 5) is 30.8. The highest BCUT2D eigenvalue weighted by molar-refractivity contribution is 7.99. The van der Waals surface area contributed by atoms with Crippen molar-refractivity contribution >= 4 is 22.9 Å². The number of hydrogen-bond acceptors (Lipinski definition) is 4. The Morgan fingerprint density at radius 1 is 1.32 bits per heavy atom. The van der Waals surface area contributed by atoms with Gasteiger partial charge in [-0.2, -0.15) is 0 Å². The van der Waals surface area contributed by atoms with Gasteiger partial charge in [-0.25, -0.2) is 9.78 Å². The molecular formula is C15H22N4O2S. The van der Waals surface area contributed by atoms with Crippen LogP contribution in [0.2, 0.25) is 0 Å². The van der Waals surface area contributed by atoms with Crippen LogP contribution in [0, 0.1) is 0 Å². The first-order valence-electron chi connectivity index (χ1n) is 7.53. The largest absolute Gasteiger partial charge is 0.329 e. The van der Waals surface area contributed by atoms with Gasteiger partial charge in [0.05, 0.1) is 0 Å². The van der Waals surface area contributed by atoms with Crippen LogP contribution >= 0.6 is 11.8 Å². The van der Waals surface area contributed by atoms with Crippen LogP contribution in [0.3, 0.4) is 0 Å². The molecule has 0 fully saturated rings. The number of thioether (sulfide) groups is 1. The van der Waals surface area contributed by atoms with Crippen molar-refractivity contribution in [2.24, 2.45) is 7.05 Å². The Balaban J connectivity index is 2.49. The van der Waals surface area contributed by atoms with Crippen LogP contribution < -0.4 is 11.2 Å². The van der Waals surface area contributed by atoms with Gasteiger partial charge >= 0.3 is 5.69 Å². The van der Waals surface area contributed by atoms with Gasteiger partial charge < -0.3 is 4.57 Å². The summed E-state index contributed by atoms with van der Waals surface area (Å²) in [7, 11) is 1.62. The third kappa shape index (κ3) is 3.35. The Bertz CT molecular complexity index is 785. The molecule has 2 aromatic rings. The number of aryl methyl sites for hydroxylation is 1. The minimum absolute atomic E-state index is 0.379. The number of hydrogen-bond donors (Lipinski definition) is 1. The summed E-state index contributed by atoms with van der Waals surface area (Å²) in [5.41, 5.74) is 0.0839. The van der Waals surface area contributed by atoms with Crippen LogP contribution in [-0.4, -0.2) is 24.9 Å². The van der Waals surface area contributed by atoms with E-state index in [0.29, 0.717) is 17.7 Å². The van der Waals surface area contributed by atoms with Gasteiger partial charge in [-0.05, 0) is 13.3 Å². The molecule has 0 aliphatic heterocycles. The molecule has 0 amide bonds. The molecular weight excluding hydrogens is 300 g/mol. The highest BCUT2D eigenvalue weighted by Crippen LogP contribution is 2.22. The molecule has 2 heterocycles. The SMILES string of the molecule is CC=CCn1c(SCCCCC)nc2c1c(=O)[nH]c(=O)n2C. The van der Waals surface area contributed by atoms with Crippen LogP contribution in [0.25, 0.3) is 11.2 Å². The monoisotopic (exact) mass is 322 g/mol. The molecule has 22 heavy (non-hydrogen) atoms. The number of nitrogens with zero attached hydrogens (tertiary/aromatic N) is 3. The van der Waals surface area contributed by atoms with Crippen LogP contribution in [0.1, 0.15) is 33.1 Å². The zero-order chi connectivity index (χ0) is 16.1. The second-order valence-corrected chi connectivity index (χ2v) is 6.18. The van der Waals surface area contributed by atoms with E-state index in [1.807, 2.05) is 23.6 Å². The molecule has 0 atom stereocenters. The average Bonchev–Trinajstić information content (AvgIpc) is 2.86. The first-order valence-corrected chi connectivity index (χ1v) is 8.52. The summed E-state index contributed by atoms with van der Waals surface area (Å²) in [5.74, 6) is 0.957. The zero-order valence-electron chi connectivity index (χ0n) is 13.3. The third-order valence-corrected chi connectivity index (χ3v) is 4.54. The molecule has 0 saturated carbocycles. The first kappa shape index (κ1) is 16.6. The van der Waals surface area contributed by atoms with Gasteiger partial charge in [0.2, 0.25) is 0 Å². The molecule has 120 valence electrons. The highest BCUT2D eigenvalue weighted by Gasteiger charge is 2.16. The van der Waals surface area contributed by atoms with Crippen molar-refractivity contribution in [2.45, 2.75) is 44.8 Å². The molecule has 0 radical (unpaired) electrons. The molecule has 0 spiro atoms. The van der Waals surface area contributed by atoms with E-state index < -0.39 is 5.69 Å². The molecule has 0 saturated heterocycles. The fourth-order valence-corrected chi connectivity index (χ4v) is 3.22. The highest BCUT2D eigenvalue weighted by atomic mass is 32.2. The summed E-state index contributed by atoms with van der Waals surface area (Å²) < 4.78 is 3.27. The quantitative estimate of drug-likeness (QED) is 0.482. The van der Waals surface area contributed by atoms with E-state index in [2.05, 4.69) is 16.9 Å². The number of aromatic nitrogens is 4. The maximum atomic E-state index is 12.2. The van der Waals surface area contributed by atoms with E-state index in [-0.39, 0.29) is 5.56 Å². The van der Waals surface area contributed by atoms with Crippen molar-refractivity contribution in [2.75, 3.05) is 5.75 Å². The first-order chi connectivity index (χ1) is 10.6. The second kappa shape index (κ2) is 7.49. The molecule has 0 aliphatic carbocycles. The van der Waals surface area contributed by atoms with Gasteiger partial charge in [-0.3, -0.25) is 14.3 Å². The van der Waals surface area contributed by atoms with Crippen molar-refractivity contribution in [3.05, 3.63) is 33.0 Å². The van der Waals surface area contributed by atoms with Crippen molar-refractivity contribution in [3.8, 4) is 0 Å². The van der Waals surface area contributed by atoms with Gasteiger partial charge in [0, 0.05) is 19.3 Å². The molecule has 7 heteroatoms. The topological polar surface area (TPSA) is 72.7 Å². The van der Waals surface area contributed by atoms with Gasteiger partial charge in [0.25, 0.3) is 5.56 Å². The van der Waals surface area contributed by atoms with E-state index in [1.54, 1.807) is 18.8 Å². The summed E-state index contributed by atoms with van der Waals surface area (Å²) in [5, 5.41) is 0.788. The average molecular weight is 322 g/mol. The Labute approximate surface area is 133 Å². The van der Waals surface area contributed by atoms with E-state index in [1.165, 1.54) is 17.4 Å². The van der Waals surface area contributed by atoms with Crippen molar-refractivity contribution < 1.29 is 0 Å². The molecule has 2 rings (SSSR count). The number of rotatable bonds is 7. The normalized spacial score (nSPS) is 11.8. The Kier molecular flexibility index (Phi) is 5.65. The predicted octanol–water partition coefficient (Wildman–Crippen LogP) is 2.28. The van der Waals surface area contributed by atoms with Gasteiger partial charge in [0.15, 0.2) is 16.3 Å². The summed E-state index contributed by atoms with van der Waals surface area (Å²) in [6.45, 7) is 4.68. The summed E-state index contributed by atoms with van der Waals surface area (Å²) >= 11 is 1.64. The minimum atomic E-state index is -0.435. The number of nitrogens with one attached hydrogen (secondary N) is 1. The summed E-state index contributed by atoms with van der Waals surface area (Å²) in [6.07, 6.45) is 7.38. The molecule has 2 aromatic heterocycles. The number of imidazole rings is 1. The number of allylic oxidation sites excluding steroid dienone is 2. The van der Waals surface area contributed by atoms with Crippen LogP contribution in [0.4, 0.5) is 0 Å². The fraction of sp³-hybridized carbons (Fsp3) is 0.533. The van der Waals surface area contributed by atoms with Gasteiger partial charge in [-0.1, -0.05) is 43.7 Å². The van der Waals surface area contributed by atoms with E-state index in [4.69, 9.17) is 0 Å². The maximum absolute atomic E-state index is 12.2. The van der Waals surface area contributed by atoms with Crippen molar-refractivity contribution in [1.29, 1.82) is 0 Å². The third-order valence-electron chi connectivity index (χ3n) is 3.47. The molecule has 6 nitrogen and oxygen atoms in total. The lowest BCUT2D eigenvalue weighted by Crippen LogP contribution is -2.29. The molecule has 0 aromatic carbocycles. The van der Waals surface area contributed by atoms with Crippen LogP contribution in [0.5, 0.6) is 0 Å². The standard InChI is InChI=1S/C15H22N4O2S/c1-4-6-8-10-22-15-16-12-11(19(15)9-7-5-2)13(20)17-14(21)18(12)3/h5,7H,4,6,8-10H2,1-3H3,(H,17,20,21). The lowest BCUT2D eigenvalue weighted by atomic mass is 10.3. The zero-order valence-corrected chi connectivity index (χ0v) is 14.1. The number of fused-ring (bicyclic) bond motifs is 1. The molecule has 0 unspecified atom stereocenters. The lowest BCUT2D eigenvalue weighted by Gasteiger charge is -2.05. The molecule has 1 N–H and O–H groups in total. The Morgan fingerprint density at radius 3 is 2.77 bits per heavy atom. The van der Waals surface area contributed by atoms with Crippen LogP contribution in [-0.2, 0) is 13.6 Å². The molecule has 0 bridgehead atoms. The minimum Gasteiger partial charge on any atom is -0.309 e. The lowest BCUT2D eigenvalue weighted by molar-refractivity contribution is 0.738. The Hall–Kier alpha value is -1.76. The van der Waals surface area contributed by atoms with Crippen molar-refractivity contribution in [3.63, 3.8) is 0 Å². The maximum Gasteiger partial charge on any atom is 0.329 e. The molecule has 0 aliphatic rings. The number of unbranched alkanes of at least 4 members (excludes halogenated alkanes) is 2. The van der Waals surface area contributed by atoms with Crippen LogP contribution in [0.15, 0.2) is 26.9 Å². The Morgan fingerprint density at radius 2 is 2.09 bits per heavy atom. The van der Waals surface area contributed by atoms with E-state index >= 15 is 0 Å². The summed E-state index contributed by atoms with van der Waals surface area (Å²) in [6, 6.07) is 0. The number of aromatic amines is 1. The smallest absolute Gasteiger partial charge is 0.309 e. The predicted molar refractivity (Wildman–Crippen MR) is 90.7 cm³/mol. The van der Waals surface area contributed by atoms with E-state index in [9.17, 15) is 9.59 Å². The van der Waals surface area contributed by atoms with Gasteiger partial charge in [-0.15, -0.1) is 0 Å². The number of H-pyrrole nitrogens is 1. The van der Waals surface area contributed by atoms with E-state index in [0.717, 1.165) is 17.3 Å². The van der Waals surface area contributed by atoms with Crippen molar-refractivity contribution in [1.82, 2.24) is 19.1 Å². The second-order valence-electron chi connectivity index (χ2n) is 5.12. The van der Waals surface area contributed by atoms with Gasteiger partial charge in [0.1, 0.15) is 0 Å². The fourth-order valence-electron chi connectivity index (χ4n) is 2.22.